The van der Waals surface area contributed by atoms with Crippen LogP contribution < -0.4 is 0 Å². The van der Waals surface area contributed by atoms with Gasteiger partial charge in [-0.05, 0) is 32.1 Å². The first kappa shape index (κ1) is 21.9. The Morgan fingerprint density at radius 3 is 2.93 bits per heavy atom. The van der Waals surface area contributed by atoms with E-state index in [-0.39, 0.29) is 22.9 Å². The average Bonchev–Trinajstić information content (AvgIpc) is 3.09. The molecule has 2 aliphatic rings. The molecular weight excluding hydrogens is 358 g/mol. The molecule has 0 aromatic rings. The minimum Gasteiger partial charge on any atom is -0.392 e. The van der Waals surface area contributed by atoms with Crippen LogP contribution in [-0.4, -0.2) is 38.8 Å². The first-order valence-electron chi connectivity index (χ1n) is 9.70. The first-order chi connectivity index (χ1) is 12.8. The Morgan fingerprint density at radius 2 is 2.30 bits per heavy atom. The number of hydrogen-bond acceptors (Lipinski definition) is 4. The molecule has 0 saturated heterocycles. The molecule has 1 aliphatic carbocycles. The number of aliphatic imine (C=N–C) groups is 1. The van der Waals surface area contributed by atoms with E-state index in [1.165, 1.54) is 0 Å². The van der Waals surface area contributed by atoms with Gasteiger partial charge < -0.3 is 10.2 Å². The molecule has 0 amide bonds. The molecule has 6 atom stereocenters. The molecule has 2 N–H and O–H groups in total. The van der Waals surface area contributed by atoms with Crippen molar-refractivity contribution in [2.24, 2.45) is 22.7 Å². The van der Waals surface area contributed by atoms with Crippen molar-refractivity contribution in [2.75, 3.05) is 0 Å². The number of aliphatic hydroxyl groups is 2. The van der Waals surface area contributed by atoms with E-state index < -0.39 is 17.7 Å². The second kappa shape index (κ2) is 9.73. The smallest absolute Gasteiger partial charge is 0.185 e. The van der Waals surface area contributed by atoms with Gasteiger partial charge in [0.25, 0.3) is 0 Å². The van der Waals surface area contributed by atoms with Gasteiger partial charge in [0.05, 0.1) is 17.7 Å². The zero-order chi connectivity index (χ0) is 20.0. The van der Waals surface area contributed by atoms with Crippen molar-refractivity contribution in [1.29, 1.82) is 0 Å². The molecule has 27 heavy (non-hydrogen) atoms. The van der Waals surface area contributed by atoms with Crippen LogP contribution in [0.2, 0.25) is 0 Å². The van der Waals surface area contributed by atoms with E-state index in [0.29, 0.717) is 19.3 Å². The van der Waals surface area contributed by atoms with Gasteiger partial charge in [0, 0.05) is 36.8 Å². The van der Waals surface area contributed by atoms with Gasteiger partial charge in [-0.15, -0.1) is 31.0 Å². The molecule has 1 fully saturated rings. The van der Waals surface area contributed by atoms with E-state index in [4.69, 9.17) is 4.99 Å². The Hall–Kier alpha value is -1.35. The Morgan fingerprint density at radius 1 is 1.56 bits per heavy atom. The number of aliphatic hydroxyl groups excluding tert-OH is 2. The normalized spacial score (nSPS) is 31.7. The fourth-order valence-corrected chi connectivity index (χ4v) is 4.38. The standard InChI is InChI=1S/C22H31NO3S/c1-4-6-8-15(3)19(24)12-11-17-18-13-16(9-7-10-21(26)27)23-22(18,5-2)14-20(17)25/h5,11-12,15,17-20,24-25H,2,7-10,13-14H2,1,3H3,(H,26,27). The van der Waals surface area contributed by atoms with E-state index in [1.807, 2.05) is 19.1 Å². The molecule has 0 aromatic heterocycles. The first-order valence-corrected chi connectivity index (χ1v) is 10.1. The van der Waals surface area contributed by atoms with Gasteiger partial charge in [0.1, 0.15) is 0 Å². The van der Waals surface area contributed by atoms with Crippen LogP contribution in [0.5, 0.6) is 0 Å². The molecule has 2 rings (SSSR count). The van der Waals surface area contributed by atoms with Gasteiger partial charge in [0.15, 0.2) is 5.12 Å². The van der Waals surface area contributed by atoms with E-state index in [2.05, 4.69) is 31.0 Å². The molecule has 148 valence electrons. The fraction of sp³-hybridized carbons (Fsp3) is 0.636. The van der Waals surface area contributed by atoms with Crippen molar-refractivity contribution in [3.8, 4) is 11.8 Å². The van der Waals surface area contributed by atoms with Gasteiger partial charge in [-0.25, -0.2) is 0 Å². The lowest BCUT2D eigenvalue weighted by molar-refractivity contribution is -0.110. The summed E-state index contributed by atoms with van der Waals surface area (Å²) in [4.78, 5) is 15.9. The van der Waals surface area contributed by atoms with Gasteiger partial charge in [0.2, 0.25) is 0 Å². The number of hydrogen-bond donors (Lipinski definition) is 3. The van der Waals surface area contributed by atoms with E-state index in [9.17, 15) is 15.0 Å². The summed E-state index contributed by atoms with van der Waals surface area (Å²) < 4.78 is 0. The van der Waals surface area contributed by atoms with Crippen LogP contribution in [0, 0.1) is 29.6 Å². The molecule has 0 spiro atoms. The summed E-state index contributed by atoms with van der Waals surface area (Å²) in [5.74, 6) is 5.99. The van der Waals surface area contributed by atoms with Crippen molar-refractivity contribution in [3.05, 3.63) is 24.8 Å². The minimum absolute atomic E-state index is 0.0468. The monoisotopic (exact) mass is 389 g/mol. The summed E-state index contributed by atoms with van der Waals surface area (Å²) in [6, 6.07) is 0. The fourth-order valence-electron chi connectivity index (χ4n) is 4.22. The highest BCUT2D eigenvalue weighted by Gasteiger charge is 2.53. The molecule has 1 heterocycles. The zero-order valence-corrected chi connectivity index (χ0v) is 17.2. The maximum absolute atomic E-state index is 11.0. The summed E-state index contributed by atoms with van der Waals surface area (Å²) in [5, 5.41) is 20.8. The molecule has 5 heteroatoms. The van der Waals surface area contributed by atoms with Crippen LogP contribution in [0.4, 0.5) is 0 Å². The van der Waals surface area contributed by atoms with Crippen molar-refractivity contribution < 1.29 is 15.0 Å². The lowest BCUT2D eigenvalue weighted by atomic mass is 9.82. The summed E-state index contributed by atoms with van der Waals surface area (Å²) in [5.41, 5.74) is 0.658. The number of nitrogens with zero attached hydrogens (tertiary/aromatic N) is 1. The predicted molar refractivity (Wildman–Crippen MR) is 113 cm³/mol. The van der Waals surface area contributed by atoms with E-state index in [1.54, 1.807) is 13.0 Å². The van der Waals surface area contributed by atoms with Gasteiger partial charge >= 0.3 is 0 Å². The third kappa shape index (κ3) is 5.34. The van der Waals surface area contributed by atoms with E-state index in [0.717, 1.165) is 25.0 Å². The van der Waals surface area contributed by atoms with Crippen molar-refractivity contribution in [1.82, 2.24) is 0 Å². The molecular formula is C22H31NO3S. The number of fused-ring (bicyclic) bond motifs is 1. The molecule has 4 nitrogen and oxygen atoms in total. The quantitative estimate of drug-likeness (QED) is 0.322. The minimum atomic E-state index is -0.583. The number of carbonyl (C=O) groups is 1. The molecule has 1 aliphatic heterocycles. The van der Waals surface area contributed by atoms with Crippen molar-refractivity contribution >= 4 is 23.5 Å². The number of carbonyl (C=O) groups excluding carboxylic acids is 1. The van der Waals surface area contributed by atoms with Crippen molar-refractivity contribution in [3.63, 3.8) is 0 Å². The Kier molecular flexibility index (Phi) is 7.91. The summed E-state index contributed by atoms with van der Waals surface area (Å²) in [6.45, 7) is 7.74. The van der Waals surface area contributed by atoms with E-state index >= 15 is 0 Å². The van der Waals surface area contributed by atoms with Gasteiger partial charge in [-0.1, -0.05) is 25.2 Å². The molecule has 0 radical (unpaired) electrons. The highest BCUT2D eigenvalue weighted by atomic mass is 32.1. The molecule has 1 saturated carbocycles. The average molecular weight is 390 g/mol. The number of rotatable bonds is 9. The topological polar surface area (TPSA) is 69.9 Å². The zero-order valence-electron chi connectivity index (χ0n) is 16.3. The Labute approximate surface area is 168 Å². The lowest BCUT2D eigenvalue weighted by Crippen LogP contribution is -2.26. The van der Waals surface area contributed by atoms with Crippen LogP contribution in [0.3, 0.4) is 0 Å². The Bertz CT molecular complexity index is 675. The highest BCUT2D eigenvalue weighted by molar-refractivity contribution is 7.96. The van der Waals surface area contributed by atoms with Crippen LogP contribution in [0.1, 0.15) is 52.4 Å². The van der Waals surface area contributed by atoms with Crippen LogP contribution in [-0.2, 0) is 4.79 Å². The molecule has 0 bridgehead atoms. The summed E-state index contributed by atoms with van der Waals surface area (Å²) in [6.07, 6.45) is 8.51. The SMILES string of the molecule is C=CC12CC(O)C(C=CC(O)C(C)CC#CC)C1CC(CCCC(=O)S)=N2. The van der Waals surface area contributed by atoms with Gasteiger partial charge in [-0.3, -0.25) is 9.79 Å². The number of thiol groups is 1. The molecule has 6 unspecified atom stereocenters. The molecule has 0 aromatic carbocycles. The maximum atomic E-state index is 11.0. The predicted octanol–water partition coefficient (Wildman–Crippen LogP) is 3.35. The van der Waals surface area contributed by atoms with Crippen LogP contribution in [0.25, 0.3) is 0 Å². The largest absolute Gasteiger partial charge is 0.392 e. The van der Waals surface area contributed by atoms with Crippen LogP contribution in [0.15, 0.2) is 29.8 Å². The Balaban J connectivity index is 2.05. The second-order valence-corrected chi connectivity index (χ2v) is 8.26. The maximum Gasteiger partial charge on any atom is 0.185 e. The summed E-state index contributed by atoms with van der Waals surface area (Å²) in [7, 11) is 0. The summed E-state index contributed by atoms with van der Waals surface area (Å²) >= 11 is 3.82. The van der Waals surface area contributed by atoms with Crippen molar-refractivity contribution in [2.45, 2.75) is 70.1 Å². The highest BCUT2D eigenvalue weighted by Crippen LogP contribution is 2.50. The third-order valence-corrected chi connectivity index (χ3v) is 6.06. The lowest BCUT2D eigenvalue weighted by Gasteiger charge is -2.24. The van der Waals surface area contributed by atoms with Crippen LogP contribution >= 0.6 is 12.6 Å². The second-order valence-electron chi connectivity index (χ2n) is 7.76. The van der Waals surface area contributed by atoms with Gasteiger partial charge in [-0.2, -0.15) is 0 Å². The third-order valence-electron chi connectivity index (χ3n) is 5.83.